The lowest BCUT2D eigenvalue weighted by Crippen LogP contribution is -2.22. The number of para-hydroxylation sites is 1. The Kier molecular flexibility index (Phi) is 4.67. The van der Waals surface area contributed by atoms with Gasteiger partial charge in [-0.05, 0) is 23.8 Å². The molecule has 8 heteroatoms. The van der Waals surface area contributed by atoms with Crippen molar-refractivity contribution in [1.29, 1.82) is 0 Å². The predicted octanol–water partition coefficient (Wildman–Crippen LogP) is 3.08. The average Bonchev–Trinajstić information content (AvgIpc) is 3.25. The van der Waals surface area contributed by atoms with Crippen LogP contribution in [-0.2, 0) is 6.54 Å². The van der Waals surface area contributed by atoms with Crippen molar-refractivity contribution in [3.05, 3.63) is 94.5 Å². The largest absolute Gasteiger partial charge is 0.378 e. The molecular weight excluding hydrogens is 364 g/mol. The second kappa shape index (κ2) is 7.43. The van der Waals surface area contributed by atoms with Crippen molar-refractivity contribution in [2.45, 2.75) is 6.54 Å². The summed E-state index contributed by atoms with van der Waals surface area (Å²) in [6.45, 7) is 0.466. The highest BCUT2D eigenvalue weighted by molar-refractivity contribution is 6.32. The van der Waals surface area contributed by atoms with Gasteiger partial charge in [-0.1, -0.05) is 35.9 Å². The van der Waals surface area contributed by atoms with Crippen LogP contribution in [0, 0.1) is 0 Å². The second-order valence-electron chi connectivity index (χ2n) is 5.77. The molecule has 0 fully saturated rings. The molecule has 0 radical (unpaired) electrons. The van der Waals surface area contributed by atoms with Gasteiger partial charge in [0.25, 0.3) is 5.56 Å². The normalized spacial score (nSPS) is 10.7. The van der Waals surface area contributed by atoms with E-state index in [9.17, 15) is 4.79 Å². The van der Waals surface area contributed by atoms with Crippen LogP contribution in [0.2, 0.25) is 5.02 Å². The molecule has 4 aromatic rings. The summed E-state index contributed by atoms with van der Waals surface area (Å²) >= 11 is 6.25. The summed E-state index contributed by atoms with van der Waals surface area (Å²) in [5, 5.41) is 7.43. The van der Waals surface area contributed by atoms with E-state index in [1.807, 2.05) is 41.1 Å². The third-order valence-electron chi connectivity index (χ3n) is 3.98. The topological polar surface area (TPSA) is 77.6 Å². The molecule has 0 saturated heterocycles. The number of hydrogen-bond donors (Lipinski definition) is 1. The smallest absolute Gasteiger partial charge is 0.292 e. The number of nitrogens with zero attached hydrogens (tertiary/aromatic N) is 5. The monoisotopic (exact) mass is 378 g/mol. The number of pyridine rings is 1. The quantitative estimate of drug-likeness (QED) is 0.577. The van der Waals surface area contributed by atoms with Crippen LogP contribution in [0.25, 0.3) is 11.5 Å². The van der Waals surface area contributed by atoms with Crippen LogP contribution in [-0.4, -0.2) is 24.3 Å². The minimum Gasteiger partial charge on any atom is -0.378 e. The second-order valence-corrected chi connectivity index (χ2v) is 6.15. The molecular formula is C19H15ClN6O. The molecule has 0 spiro atoms. The van der Waals surface area contributed by atoms with Crippen LogP contribution >= 0.6 is 11.6 Å². The SMILES string of the molecule is O=c1c(Cl)c(NCc2ccc(-n3ccnc3)nc2)cnn1-c1ccccc1. The first kappa shape index (κ1) is 17.0. The highest BCUT2D eigenvalue weighted by Gasteiger charge is 2.10. The lowest BCUT2D eigenvalue weighted by atomic mass is 10.2. The Morgan fingerprint density at radius 1 is 1.07 bits per heavy atom. The van der Waals surface area contributed by atoms with E-state index < -0.39 is 0 Å². The molecule has 4 rings (SSSR count). The first-order valence-electron chi connectivity index (χ1n) is 8.23. The van der Waals surface area contributed by atoms with E-state index in [-0.39, 0.29) is 10.6 Å². The zero-order valence-corrected chi connectivity index (χ0v) is 14.9. The zero-order chi connectivity index (χ0) is 18.6. The van der Waals surface area contributed by atoms with Gasteiger partial charge in [-0.25, -0.2) is 9.97 Å². The Hall–Kier alpha value is -3.45. The number of benzene rings is 1. The maximum atomic E-state index is 12.5. The van der Waals surface area contributed by atoms with Gasteiger partial charge in [0.15, 0.2) is 0 Å². The molecule has 0 saturated carbocycles. The van der Waals surface area contributed by atoms with Crippen molar-refractivity contribution >= 4 is 17.3 Å². The number of hydrogen-bond acceptors (Lipinski definition) is 5. The maximum Gasteiger partial charge on any atom is 0.292 e. The Labute approximate surface area is 159 Å². The van der Waals surface area contributed by atoms with E-state index in [1.165, 1.54) is 4.68 Å². The first-order valence-corrected chi connectivity index (χ1v) is 8.60. The maximum absolute atomic E-state index is 12.5. The highest BCUT2D eigenvalue weighted by Crippen LogP contribution is 2.18. The molecule has 0 aliphatic carbocycles. The van der Waals surface area contributed by atoms with Gasteiger partial charge < -0.3 is 5.32 Å². The molecule has 7 nitrogen and oxygen atoms in total. The van der Waals surface area contributed by atoms with Crippen molar-refractivity contribution in [2.24, 2.45) is 0 Å². The molecule has 134 valence electrons. The lowest BCUT2D eigenvalue weighted by Gasteiger charge is -2.10. The molecule has 3 heterocycles. The van der Waals surface area contributed by atoms with Crippen LogP contribution in [0.15, 0.2) is 78.4 Å². The summed E-state index contributed by atoms with van der Waals surface area (Å²) in [5.41, 5.74) is 1.71. The Balaban J connectivity index is 1.50. The van der Waals surface area contributed by atoms with Gasteiger partial charge in [0.05, 0.1) is 17.6 Å². The van der Waals surface area contributed by atoms with Crippen LogP contribution < -0.4 is 10.9 Å². The lowest BCUT2D eigenvalue weighted by molar-refractivity contribution is 0.807. The zero-order valence-electron chi connectivity index (χ0n) is 14.2. The number of aromatic nitrogens is 5. The summed E-state index contributed by atoms with van der Waals surface area (Å²) in [4.78, 5) is 20.9. The fraction of sp³-hybridized carbons (Fsp3) is 0.0526. The average molecular weight is 379 g/mol. The Bertz CT molecular complexity index is 1090. The molecule has 0 unspecified atom stereocenters. The van der Waals surface area contributed by atoms with Crippen LogP contribution in [0.1, 0.15) is 5.56 Å². The van der Waals surface area contributed by atoms with Crippen LogP contribution in [0.3, 0.4) is 0 Å². The summed E-state index contributed by atoms with van der Waals surface area (Å²) in [7, 11) is 0. The van der Waals surface area contributed by atoms with Gasteiger partial charge in [0.1, 0.15) is 17.2 Å². The third-order valence-corrected chi connectivity index (χ3v) is 4.35. The number of rotatable bonds is 5. The molecule has 0 amide bonds. The molecule has 1 aromatic carbocycles. The van der Waals surface area contributed by atoms with Gasteiger partial charge in [-0.2, -0.15) is 9.78 Å². The van der Waals surface area contributed by atoms with Crippen molar-refractivity contribution in [1.82, 2.24) is 24.3 Å². The van der Waals surface area contributed by atoms with Crippen LogP contribution in [0.4, 0.5) is 5.69 Å². The minimum atomic E-state index is -0.374. The standard InChI is InChI=1S/C19H15ClN6O/c20-18-16(12-24-26(19(18)27)15-4-2-1-3-5-15)22-10-14-6-7-17(23-11-14)25-9-8-21-13-25/h1-9,11-13,22H,10H2. The van der Waals surface area contributed by atoms with E-state index in [4.69, 9.17) is 11.6 Å². The van der Waals surface area contributed by atoms with Crippen LogP contribution in [0.5, 0.6) is 0 Å². The van der Waals surface area contributed by atoms with E-state index in [1.54, 1.807) is 37.1 Å². The van der Waals surface area contributed by atoms with E-state index in [2.05, 4.69) is 20.4 Å². The number of imidazole rings is 1. The number of halogens is 1. The van der Waals surface area contributed by atoms with Gasteiger partial charge in [0, 0.05) is 25.1 Å². The Morgan fingerprint density at radius 2 is 1.93 bits per heavy atom. The fourth-order valence-electron chi connectivity index (χ4n) is 2.58. The molecule has 0 aliphatic heterocycles. The highest BCUT2D eigenvalue weighted by atomic mass is 35.5. The van der Waals surface area contributed by atoms with E-state index in [0.29, 0.717) is 17.9 Å². The van der Waals surface area contributed by atoms with Crippen molar-refractivity contribution < 1.29 is 0 Å². The number of anilines is 1. The summed E-state index contributed by atoms with van der Waals surface area (Å²) in [5.74, 6) is 0.779. The van der Waals surface area contributed by atoms with E-state index >= 15 is 0 Å². The Morgan fingerprint density at radius 3 is 2.63 bits per heavy atom. The fourth-order valence-corrected chi connectivity index (χ4v) is 2.77. The predicted molar refractivity (Wildman–Crippen MR) is 104 cm³/mol. The van der Waals surface area contributed by atoms with Gasteiger partial charge in [0.2, 0.25) is 0 Å². The van der Waals surface area contributed by atoms with Crippen molar-refractivity contribution in [3.8, 4) is 11.5 Å². The van der Waals surface area contributed by atoms with Crippen molar-refractivity contribution in [2.75, 3.05) is 5.32 Å². The molecule has 0 bridgehead atoms. The van der Waals surface area contributed by atoms with Crippen molar-refractivity contribution in [3.63, 3.8) is 0 Å². The molecule has 0 aliphatic rings. The number of nitrogens with one attached hydrogen (secondary N) is 1. The van der Waals surface area contributed by atoms with Gasteiger partial charge in [-0.3, -0.25) is 9.36 Å². The summed E-state index contributed by atoms with van der Waals surface area (Å²) in [6.07, 6.45) is 8.52. The molecule has 27 heavy (non-hydrogen) atoms. The molecule has 1 N–H and O–H groups in total. The van der Waals surface area contributed by atoms with Gasteiger partial charge in [-0.15, -0.1) is 0 Å². The molecule has 3 aromatic heterocycles. The third kappa shape index (κ3) is 3.58. The summed E-state index contributed by atoms with van der Waals surface area (Å²) in [6, 6.07) is 13.0. The van der Waals surface area contributed by atoms with Gasteiger partial charge >= 0.3 is 0 Å². The minimum absolute atomic E-state index is 0.0943. The molecule has 0 atom stereocenters. The van der Waals surface area contributed by atoms with E-state index in [0.717, 1.165) is 11.4 Å². The first-order chi connectivity index (χ1) is 13.2. The summed E-state index contributed by atoms with van der Waals surface area (Å²) < 4.78 is 3.09.